The first-order chi connectivity index (χ1) is 4.93. The maximum absolute atomic E-state index is 2.10. The van der Waals surface area contributed by atoms with Crippen molar-refractivity contribution in [2.75, 3.05) is 6.26 Å². The van der Waals surface area contributed by atoms with Crippen LogP contribution in [0.15, 0.2) is 35.7 Å². The van der Waals surface area contributed by atoms with Gasteiger partial charge >= 0.3 is 0 Å². The fraction of sp³-hybridized carbons (Fsp3) is 0.111. The molecule has 0 nitrogen and oxygen atoms in total. The molecule has 1 rings (SSSR count). The molecule has 0 saturated heterocycles. The first-order valence-corrected chi connectivity index (χ1v) is 4.46. The quantitative estimate of drug-likeness (QED) is 0.624. The Labute approximate surface area is 66.0 Å². The van der Waals surface area contributed by atoms with Gasteiger partial charge in [0, 0.05) is 0 Å². The van der Waals surface area contributed by atoms with E-state index >= 15 is 0 Å². The molecule has 0 aliphatic carbocycles. The fourth-order valence-electron chi connectivity index (χ4n) is 0.711. The molecule has 0 atom stereocenters. The van der Waals surface area contributed by atoms with E-state index in [0.717, 1.165) is 0 Å². The lowest BCUT2D eigenvalue weighted by Crippen LogP contribution is -1.65. The van der Waals surface area contributed by atoms with Crippen LogP contribution < -0.4 is 0 Å². The van der Waals surface area contributed by atoms with Crippen molar-refractivity contribution in [2.24, 2.45) is 0 Å². The molecule has 1 heteroatoms. The molecule has 0 aliphatic rings. The minimum atomic E-state index is 1.26. The Kier molecular flexibility index (Phi) is 3.10. The molecule has 0 saturated carbocycles. The first kappa shape index (κ1) is 7.42. The molecule has 0 spiro atoms. The summed E-state index contributed by atoms with van der Waals surface area (Å²) in [6.45, 7) is 0. The summed E-state index contributed by atoms with van der Waals surface area (Å²) in [6.07, 6.45) is 4.16. The van der Waals surface area contributed by atoms with E-state index in [2.05, 4.69) is 29.9 Å². The Bertz CT molecular complexity index is 201. The van der Waals surface area contributed by atoms with Crippen LogP contribution in [0.2, 0.25) is 0 Å². The van der Waals surface area contributed by atoms with E-state index in [0.29, 0.717) is 0 Å². The Hall–Kier alpha value is -0.690. The lowest BCUT2D eigenvalue weighted by molar-refractivity contribution is 1.67. The van der Waals surface area contributed by atoms with Crippen molar-refractivity contribution in [2.45, 2.75) is 0 Å². The van der Waals surface area contributed by atoms with E-state index in [1.54, 1.807) is 11.8 Å². The first-order valence-electron chi connectivity index (χ1n) is 3.18. The zero-order valence-electron chi connectivity index (χ0n) is 5.95. The van der Waals surface area contributed by atoms with Crippen molar-refractivity contribution in [3.63, 3.8) is 0 Å². The predicted molar refractivity (Wildman–Crippen MR) is 49.0 cm³/mol. The number of hydrogen-bond acceptors (Lipinski definition) is 1. The van der Waals surface area contributed by atoms with Crippen molar-refractivity contribution in [3.8, 4) is 0 Å². The normalized spacial score (nSPS) is 10.5. The average Bonchev–Trinajstić information content (AvgIpc) is 2.03. The Balaban J connectivity index is 2.67. The summed E-state index contributed by atoms with van der Waals surface area (Å²) in [5, 5.41) is 2.08. The summed E-state index contributed by atoms with van der Waals surface area (Å²) in [7, 11) is 0. The molecule has 0 bridgehead atoms. The topological polar surface area (TPSA) is 0 Å². The summed E-state index contributed by atoms with van der Waals surface area (Å²) >= 11 is 1.72. The molecule has 1 aromatic rings. The minimum absolute atomic E-state index is 1.26. The number of thioether (sulfide) groups is 1. The SMILES string of the molecule is CS/C=C/c1ccccc1. The highest BCUT2D eigenvalue weighted by atomic mass is 32.2. The molecule has 0 aromatic heterocycles. The lowest BCUT2D eigenvalue weighted by Gasteiger charge is -1.88. The number of rotatable bonds is 2. The summed E-state index contributed by atoms with van der Waals surface area (Å²) in [4.78, 5) is 0. The third-order valence-electron chi connectivity index (χ3n) is 1.20. The Morgan fingerprint density at radius 1 is 1.20 bits per heavy atom. The molecule has 0 heterocycles. The molecular weight excluding hydrogens is 140 g/mol. The molecule has 52 valence electrons. The number of benzene rings is 1. The maximum Gasteiger partial charge on any atom is -0.0142 e. The Morgan fingerprint density at radius 2 is 1.90 bits per heavy atom. The van der Waals surface area contributed by atoms with Crippen LogP contribution in [0.3, 0.4) is 0 Å². The maximum atomic E-state index is 2.10. The zero-order valence-corrected chi connectivity index (χ0v) is 6.77. The van der Waals surface area contributed by atoms with Crippen molar-refractivity contribution in [1.82, 2.24) is 0 Å². The van der Waals surface area contributed by atoms with Gasteiger partial charge in [0.05, 0.1) is 0 Å². The predicted octanol–water partition coefficient (Wildman–Crippen LogP) is 3.02. The summed E-state index contributed by atoms with van der Waals surface area (Å²) < 4.78 is 0. The standard InChI is InChI=1S/C9H10S/c1-10-8-7-9-5-3-2-4-6-9/h2-8H,1H3/b8-7+. The van der Waals surface area contributed by atoms with Crippen molar-refractivity contribution in [1.29, 1.82) is 0 Å². The van der Waals surface area contributed by atoms with Gasteiger partial charge in [0.15, 0.2) is 0 Å². The van der Waals surface area contributed by atoms with Crippen LogP contribution in [-0.2, 0) is 0 Å². The molecule has 0 aliphatic heterocycles. The van der Waals surface area contributed by atoms with Crippen molar-refractivity contribution >= 4 is 17.8 Å². The van der Waals surface area contributed by atoms with Crippen LogP contribution in [0.25, 0.3) is 6.08 Å². The minimum Gasteiger partial charge on any atom is -0.138 e. The highest BCUT2D eigenvalue weighted by molar-refractivity contribution is 8.01. The van der Waals surface area contributed by atoms with Gasteiger partial charge in [-0.2, -0.15) is 0 Å². The second-order valence-corrected chi connectivity index (χ2v) is 2.69. The van der Waals surface area contributed by atoms with Gasteiger partial charge in [-0.05, 0) is 23.3 Å². The van der Waals surface area contributed by atoms with Gasteiger partial charge in [-0.1, -0.05) is 30.3 Å². The van der Waals surface area contributed by atoms with Crippen LogP contribution in [0.1, 0.15) is 5.56 Å². The smallest absolute Gasteiger partial charge is 0.0142 e. The van der Waals surface area contributed by atoms with Gasteiger partial charge < -0.3 is 0 Å². The molecule has 0 fully saturated rings. The molecule has 1 aromatic carbocycles. The summed E-state index contributed by atoms with van der Waals surface area (Å²) in [5.41, 5.74) is 1.26. The van der Waals surface area contributed by atoms with Crippen LogP contribution in [0, 0.1) is 0 Å². The van der Waals surface area contributed by atoms with Gasteiger partial charge in [-0.3, -0.25) is 0 Å². The fourth-order valence-corrected chi connectivity index (χ4v) is 1.00. The largest absolute Gasteiger partial charge is 0.138 e. The van der Waals surface area contributed by atoms with E-state index in [1.165, 1.54) is 5.56 Å². The van der Waals surface area contributed by atoms with Crippen molar-refractivity contribution in [3.05, 3.63) is 41.3 Å². The third kappa shape index (κ3) is 2.28. The van der Waals surface area contributed by atoms with Crippen molar-refractivity contribution < 1.29 is 0 Å². The van der Waals surface area contributed by atoms with Gasteiger partial charge in [0.2, 0.25) is 0 Å². The van der Waals surface area contributed by atoms with Gasteiger partial charge in [0.25, 0.3) is 0 Å². The summed E-state index contributed by atoms with van der Waals surface area (Å²) in [5.74, 6) is 0. The average molecular weight is 150 g/mol. The molecular formula is C9H10S. The lowest BCUT2D eigenvalue weighted by atomic mass is 10.2. The van der Waals surface area contributed by atoms with E-state index in [9.17, 15) is 0 Å². The van der Waals surface area contributed by atoms with E-state index in [-0.39, 0.29) is 0 Å². The zero-order chi connectivity index (χ0) is 7.23. The van der Waals surface area contributed by atoms with Gasteiger partial charge in [-0.25, -0.2) is 0 Å². The second kappa shape index (κ2) is 4.18. The highest BCUT2D eigenvalue weighted by Gasteiger charge is 1.79. The van der Waals surface area contributed by atoms with E-state index in [1.807, 2.05) is 18.2 Å². The second-order valence-electron chi connectivity index (χ2n) is 1.95. The monoisotopic (exact) mass is 150 g/mol. The van der Waals surface area contributed by atoms with Crippen LogP contribution >= 0.6 is 11.8 Å². The van der Waals surface area contributed by atoms with E-state index < -0.39 is 0 Å². The molecule has 0 radical (unpaired) electrons. The molecule has 10 heavy (non-hydrogen) atoms. The molecule has 0 amide bonds. The van der Waals surface area contributed by atoms with Crippen LogP contribution in [0.5, 0.6) is 0 Å². The van der Waals surface area contributed by atoms with Crippen LogP contribution in [0.4, 0.5) is 0 Å². The molecule has 0 unspecified atom stereocenters. The van der Waals surface area contributed by atoms with Crippen LogP contribution in [-0.4, -0.2) is 6.26 Å². The molecule has 0 N–H and O–H groups in total. The third-order valence-corrected chi connectivity index (χ3v) is 1.60. The van der Waals surface area contributed by atoms with E-state index in [4.69, 9.17) is 0 Å². The number of hydrogen-bond donors (Lipinski definition) is 0. The highest BCUT2D eigenvalue weighted by Crippen LogP contribution is 2.04. The van der Waals surface area contributed by atoms with Gasteiger partial charge in [0.1, 0.15) is 0 Å². The van der Waals surface area contributed by atoms with Gasteiger partial charge in [-0.15, -0.1) is 11.8 Å². The summed E-state index contributed by atoms with van der Waals surface area (Å²) in [6, 6.07) is 10.3. The Morgan fingerprint density at radius 3 is 2.50 bits per heavy atom.